The van der Waals surface area contributed by atoms with Crippen molar-refractivity contribution in [2.24, 2.45) is 0 Å². The van der Waals surface area contributed by atoms with Crippen molar-refractivity contribution in [3.63, 3.8) is 0 Å². The summed E-state index contributed by atoms with van der Waals surface area (Å²) in [7, 11) is 0. The summed E-state index contributed by atoms with van der Waals surface area (Å²) in [5.74, 6) is -1.14. The second-order valence-corrected chi connectivity index (χ2v) is 5.01. The van der Waals surface area contributed by atoms with Gasteiger partial charge in [0.25, 0.3) is 0 Å². The summed E-state index contributed by atoms with van der Waals surface area (Å²) in [6.07, 6.45) is -0.433. The Morgan fingerprint density at radius 1 is 1.52 bits per heavy atom. The fraction of sp³-hybridized carbons (Fsp3) is 0.500. The maximum Gasteiger partial charge on any atom is 0.341 e. The molecule has 0 unspecified atom stereocenters. The van der Waals surface area contributed by atoms with Gasteiger partial charge in [-0.15, -0.1) is 0 Å². The molecule has 0 aliphatic carbocycles. The van der Waals surface area contributed by atoms with Gasteiger partial charge in [-0.1, -0.05) is 0 Å². The highest BCUT2D eigenvalue weighted by molar-refractivity contribution is 5.82. The number of aromatic nitrogens is 4. The van der Waals surface area contributed by atoms with Crippen molar-refractivity contribution in [2.45, 2.75) is 24.9 Å². The van der Waals surface area contributed by atoms with Crippen LogP contribution in [0.4, 0.5) is 5.82 Å². The van der Waals surface area contributed by atoms with Crippen LogP contribution >= 0.6 is 0 Å². The molecular formula is C12H15N5O6. The van der Waals surface area contributed by atoms with Gasteiger partial charge >= 0.3 is 12.0 Å². The standard InChI is InChI=1S/C12H15N5O6/c13-10-9-11(16-12(15-10)22-3-8(20)21)17(4-14-9)7-1-5(19)6(2-18)23-7/h4-7,18-19H,1-3H2,(H,20,21)(H2,13,15,16)/t5-,6+,7+/m0/s1. The van der Waals surface area contributed by atoms with Crippen LogP contribution in [0.3, 0.4) is 0 Å². The first-order valence-corrected chi connectivity index (χ1v) is 6.78. The highest BCUT2D eigenvalue weighted by Gasteiger charge is 2.35. The maximum atomic E-state index is 10.6. The molecule has 3 heterocycles. The van der Waals surface area contributed by atoms with Gasteiger partial charge in [0.05, 0.1) is 19.0 Å². The first kappa shape index (κ1) is 15.4. The van der Waals surface area contributed by atoms with Gasteiger partial charge in [-0.05, 0) is 0 Å². The number of anilines is 1. The molecule has 23 heavy (non-hydrogen) atoms. The fourth-order valence-corrected chi connectivity index (χ4v) is 2.37. The van der Waals surface area contributed by atoms with Gasteiger partial charge in [0, 0.05) is 6.42 Å². The zero-order chi connectivity index (χ0) is 16.6. The number of carboxylic acid groups (broad SMARTS) is 1. The predicted molar refractivity (Wildman–Crippen MR) is 74.5 cm³/mol. The molecule has 1 aliphatic rings. The number of fused-ring (bicyclic) bond motifs is 1. The number of aliphatic carboxylic acids is 1. The molecule has 1 fully saturated rings. The molecule has 2 aromatic rings. The van der Waals surface area contributed by atoms with Crippen molar-refractivity contribution < 1.29 is 29.6 Å². The fourth-order valence-electron chi connectivity index (χ4n) is 2.37. The molecule has 0 saturated carbocycles. The number of aliphatic hydroxyl groups excluding tert-OH is 2. The number of carboxylic acids is 1. The molecule has 0 spiro atoms. The van der Waals surface area contributed by atoms with Crippen LogP contribution in [0.2, 0.25) is 0 Å². The molecule has 0 radical (unpaired) electrons. The third-order valence-corrected chi connectivity index (χ3v) is 3.45. The number of nitrogens with zero attached hydrogens (tertiary/aromatic N) is 4. The maximum absolute atomic E-state index is 10.6. The summed E-state index contributed by atoms with van der Waals surface area (Å²) in [6, 6.07) is -0.198. The van der Waals surface area contributed by atoms with E-state index in [9.17, 15) is 9.90 Å². The third-order valence-electron chi connectivity index (χ3n) is 3.45. The van der Waals surface area contributed by atoms with E-state index < -0.39 is 31.0 Å². The largest absolute Gasteiger partial charge is 0.479 e. The Hall–Kier alpha value is -2.50. The second-order valence-electron chi connectivity index (χ2n) is 5.01. The molecule has 124 valence electrons. The molecule has 3 atom stereocenters. The van der Waals surface area contributed by atoms with Crippen molar-refractivity contribution in [3.8, 4) is 6.01 Å². The molecule has 0 aromatic carbocycles. The van der Waals surface area contributed by atoms with Gasteiger partial charge in [0.15, 0.2) is 23.6 Å². The van der Waals surface area contributed by atoms with Crippen LogP contribution < -0.4 is 10.5 Å². The van der Waals surface area contributed by atoms with Crippen molar-refractivity contribution in [1.29, 1.82) is 0 Å². The van der Waals surface area contributed by atoms with Gasteiger partial charge in [-0.2, -0.15) is 9.97 Å². The quantitative estimate of drug-likeness (QED) is 0.508. The number of nitrogen functional groups attached to an aromatic ring is 1. The van der Waals surface area contributed by atoms with Crippen LogP contribution in [-0.2, 0) is 9.53 Å². The SMILES string of the molecule is Nc1nc(OCC(=O)O)nc2c1ncn2[C@H]1C[C@H](O)[C@@H](CO)O1. The molecule has 0 bridgehead atoms. The molecule has 0 amide bonds. The lowest BCUT2D eigenvalue weighted by Crippen LogP contribution is -2.24. The molecule has 3 rings (SSSR count). The van der Waals surface area contributed by atoms with Gasteiger partial charge in [0.1, 0.15) is 12.3 Å². The normalized spacial score (nSPS) is 24.2. The highest BCUT2D eigenvalue weighted by Crippen LogP contribution is 2.31. The van der Waals surface area contributed by atoms with E-state index in [-0.39, 0.29) is 30.5 Å². The first-order chi connectivity index (χ1) is 11.0. The zero-order valence-corrected chi connectivity index (χ0v) is 11.9. The van der Waals surface area contributed by atoms with Crippen LogP contribution in [-0.4, -0.2) is 66.2 Å². The van der Waals surface area contributed by atoms with Crippen LogP contribution in [0.25, 0.3) is 11.2 Å². The summed E-state index contributed by atoms with van der Waals surface area (Å²) >= 11 is 0. The topological polar surface area (TPSA) is 166 Å². The molecular weight excluding hydrogens is 310 g/mol. The lowest BCUT2D eigenvalue weighted by Gasteiger charge is -2.13. The minimum absolute atomic E-state index is 0.0337. The van der Waals surface area contributed by atoms with Gasteiger partial charge < -0.3 is 30.5 Å². The van der Waals surface area contributed by atoms with Gasteiger partial charge in [-0.25, -0.2) is 9.78 Å². The summed E-state index contributed by atoms with van der Waals surface area (Å²) < 4.78 is 12.0. The number of hydrogen-bond acceptors (Lipinski definition) is 9. The number of ether oxygens (including phenoxy) is 2. The van der Waals surface area contributed by atoms with E-state index in [4.69, 9.17) is 25.4 Å². The summed E-state index contributed by atoms with van der Waals surface area (Å²) in [5, 5.41) is 27.6. The number of rotatable bonds is 5. The average Bonchev–Trinajstić information content (AvgIpc) is 3.08. The van der Waals surface area contributed by atoms with E-state index in [1.807, 2.05) is 0 Å². The van der Waals surface area contributed by atoms with E-state index >= 15 is 0 Å². The van der Waals surface area contributed by atoms with E-state index in [2.05, 4.69) is 15.0 Å². The van der Waals surface area contributed by atoms with Crippen molar-refractivity contribution in [3.05, 3.63) is 6.33 Å². The first-order valence-electron chi connectivity index (χ1n) is 6.78. The van der Waals surface area contributed by atoms with E-state index in [1.54, 1.807) is 0 Å². The van der Waals surface area contributed by atoms with Gasteiger partial charge in [-0.3, -0.25) is 4.57 Å². The van der Waals surface area contributed by atoms with Crippen molar-refractivity contribution in [2.75, 3.05) is 18.9 Å². The number of nitrogens with two attached hydrogens (primary N) is 1. The number of aliphatic hydroxyl groups is 2. The molecule has 5 N–H and O–H groups in total. The molecule has 11 nitrogen and oxygen atoms in total. The lowest BCUT2D eigenvalue weighted by atomic mass is 10.2. The lowest BCUT2D eigenvalue weighted by molar-refractivity contribution is -0.139. The average molecular weight is 325 g/mol. The Labute approximate surface area is 129 Å². The van der Waals surface area contributed by atoms with E-state index in [0.29, 0.717) is 5.52 Å². The van der Waals surface area contributed by atoms with Crippen LogP contribution in [0.15, 0.2) is 6.33 Å². The number of hydrogen-bond donors (Lipinski definition) is 4. The van der Waals surface area contributed by atoms with Crippen molar-refractivity contribution in [1.82, 2.24) is 19.5 Å². The zero-order valence-electron chi connectivity index (χ0n) is 11.9. The summed E-state index contributed by atoms with van der Waals surface area (Å²) in [5.41, 5.74) is 6.36. The van der Waals surface area contributed by atoms with E-state index in [0.717, 1.165) is 0 Å². The summed E-state index contributed by atoms with van der Waals surface area (Å²) in [6.45, 7) is -0.918. The second kappa shape index (κ2) is 5.95. The number of carbonyl (C=O) groups is 1. The highest BCUT2D eigenvalue weighted by atomic mass is 16.5. The smallest absolute Gasteiger partial charge is 0.341 e. The van der Waals surface area contributed by atoms with Crippen LogP contribution in [0, 0.1) is 0 Å². The minimum Gasteiger partial charge on any atom is -0.479 e. The Balaban J connectivity index is 1.94. The van der Waals surface area contributed by atoms with Crippen molar-refractivity contribution >= 4 is 23.0 Å². The third kappa shape index (κ3) is 2.88. The van der Waals surface area contributed by atoms with Crippen LogP contribution in [0.1, 0.15) is 12.6 Å². The Morgan fingerprint density at radius 3 is 2.96 bits per heavy atom. The number of imidazole rings is 1. The summed E-state index contributed by atoms with van der Waals surface area (Å²) in [4.78, 5) is 22.6. The minimum atomic E-state index is -1.17. The molecule has 2 aromatic heterocycles. The van der Waals surface area contributed by atoms with Gasteiger partial charge in [0.2, 0.25) is 0 Å². The van der Waals surface area contributed by atoms with Crippen LogP contribution in [0.5, 0.6) is 6.01 Å². The Kier molecular flexibility index (Phi) is 3.98. The monoisotopic (exact) mass is 325 g/mol. The molecule has 1 saturated heterocycles. The Bertz CT molecular complexity index is 734. The predicted octanol–water partition coefficient (Wildman–Crippen LogP) is -1.49. The molecule has 1 aliphatic heterocycles. The van der Waals surface area contributed by atoms with E-state index in [1.165, 1.54) is 10.9 Å². The molecule has 11 heteroatoms. The Morgan fingerprint density at radius 2 is 2.30 bits per heavy atom.